The van der Waals surface area contributed by atoms with Gasteiger partial charge in [0.25, 0.3) is 5.56 Å². The van der Waals surface area contributed by atoms with Crippen molar-refractivity contribution >= 4 is 43.9 Å². The molecule has 25 heavy (non-hydrogen) atoms. The van der Waals surface area contributed by atoms with E-state index in [9.17, 15) is 4.79 Å². The van der Waals surface area contributed by atoms with Crippen molar-refractivity contribution in [2.24, 2.45) is 0 Å². The van der Waals surface area contributed by atoms with E-state index in [2.05, 4.69) is 24.4 Å². The Labute approximate surface area is 144 Å². The second-order valence-corrected chi connectivity index (χ2v) is 6.38. The van der Waals surface area contributed by atoms with Gasteiger partial charge in [0.05, 0.1) is 11.0 Å². The summed E-state index contributed by atoms with van der Waals surface area (Å²) in [5.74, 6) is 0. The predicted molar refractivity (Wildman–Crippen MR) is 104 cm³/mol. The topological polar surface area (TPSA) is 46.4 Å². The SMILES string of the molecule is CCCNc1ccc2c(=O)n3c4ccccc4nc3c3cccc1c23. The van der Waals surface area contributed by atoms with Gasteiger partial charge in [0, 0.05) is 33.8 Å². The van der Waals surface area contributed by atoms with Gasteiger partial charge in [0.2, 0.25) is 0 Å². The second kappa shape index (κ2) is 5.18. The van der Waals surface area contributed by atoms with Crippen molar-refractivity contribution in [1.29, 1.82) is 0 Å². The van der Waals surface area contributed by atoms with Gasteiger partial charge in [-0.1, -0.05) is 37.3 Å². The molecule has 0 radical (unpaired) electrons. The fourth-order valence-corrected chi connectivity index (χ4v) is 3.72. The first-order valence-corrected chi connectivity index (χ1v) is 8.61. The number of rotatable bonds is 3. The van der Waals surface area contributed by atoms with Gasteiger partial charge in [0.15, 0.2) is 0 Å². The highest BCUT2D eigenvalue weighted by atomic mass is 16.1. The highest BCUT2D eigenvalue weighted by Crippen LogP contribution is 2.33. The van der Waals surface area contributed by atoms with Crippen LogP contribution < -0.4 is 10.9 Å². The van der Waals surface area contributed by atoms with Crippen LogP contribution in [0.4, 0.5) is 5.69 Å². The summed E-state index contributed by atoms with van der Waals surface area (Å²) in [6.07, 6.45) is 1.05. The van der Waals surface area contributed by atoms with E-state index >= 15 is 0 Å². The average Bonchev–Trinajstić information content (AvgIpc) is 3.04. The third-order valence-corrected chi connectivity index (χ3v) is 4.84. The van der Waals surface area contributed by atoms with Crippen LogP contribution in [0.1, 0.15) is 13.3 Å². The minimum absolute atomic E-state index is 0.00515. The lowest BCUT2D eigenvalue weighted by Crippen LogP contribution is -2.13. The van der Waals surface area contributed by atoms with Crippen molar-refractivity contribution in [1.82, 2.24) is 9.38 Å². The largest absolute Gasteiger partial charge is 0.385 e. The predicted octanol–water partition coefficient (Wildman–Crippen LogP) is 4.41. The number of fused-ring (bicyclic) bond motifs is 4. The van der Waals surface area contributed by atoms with Crippen molar-refractivity contribution in [3.8, 4) is 0 Å². The molecule has 2 aromatic heterocycles. The number of hydrogen-bond acceptors (Lipinski definition) is 3. The molecule has 0 aliphatic heterocycles. The fourth-order valence-electron chi connectivity index (χ4n) is 3.72. The number of imidazole rings is 1. The third-order valence-electron chi connectivity index (χ3n) is 4.84. The summed E-state index contributed by atoms with van der Waals surface area (Å²) in [5, 5.41) is 7.30. The van der Waals surface area contributed by atoms with Gasteiger partial charge >= 0.3 is 0 Å². The molecule has 0 aliphatic carbocycles. The monoisotopic (exact) mass is 327 g/mol. The van der Waals surface area contributed by atoms with Crippen LogP contribution in [0.3, 0.4) is 0 Å². The van der Waals surface area contributed by atoms with Crippen molar-refractivity contribution in [3.05, 3.63) is 65.0 Å². The molecule has 122 valence electrons. The number of benzene rings is 3. The van der Waals surface area contributed by atoms with E-state index < -0.39 is 0 Å². The summed E-state index contributed by atoms with van der Waals surface area (Å²) >= 11 is 0. The molecule has 5 rings (SSSR count). The summed E-state index contributed by atoms with van der Waals surface area (Å²) in [5.41, 5.74) is 3.50. The molecule has 4 heteroatoms. The maximum absolute atomic E-state index is 13.2. The number of nitrogens with zero attached hydrogens (tertiary/aromatic N) is 2. The van der Waals surface area contributed by atoms with E-state index in [1.807, 2.05) is 42.5 Å². The van der Waals surface area contributed by atoms with Gasteiger partial charge < -0.3 is 5.32 Å². The first-order valence-electron chi connectivity index (χ1n) is 8.61. The van der Waals surface area contributed by atoms with Crippen LogP contribution in [0.15, 0.2) is 59.4 Å². The van der Waals surface area contributed by atoms with Crippen LogP contribution in [0.5, 0.6) is 0 Å². The van der Waals surface area contributed by atoms with E-state index in [4.69, 9.17) is 4.98 Å². The van der Waals surface area contributed by atoms with Crippen LogP contribution in [0, 0.1) is 0 Å². The molecule has 0 unspecified atom stereocenters. The van der Waals surface area contributed by atoms with Gasteiger partial charge in [-0.15, -0.1) is 0 Å². The summed E-state index contributed by atoms with van der Waals surface area (Å²) in [6, 6.07) is 17.9. The summed E-state index contributed by atoms with van der Waals surface area (Å²) in [7, 11) is 0. The molecule has 3 aromatic carbocycles. The second-order valence-electron chi connectivity index (χ2n) is 6.38. The lowest BCUT2D eigenvalue weighted by molar-refractivity contribution is 0.981. The molecule has 5 aromatic rings. The van der Waals surface area contributed by atoms with Gasteiger partial charge in [-0.05, 0) is 30.7 Å². The lowest BCUT2D eigenvalue weighted by atomic mass is 10.0. The number of anilines is 1. The highest BCUT2D eigenvalue weighted by molar-refractivity contribution is 6.18. The van der Waals surface area contributed by atoms with Gasteiger partial charge in [0.1, 0.15) is 5.65 Å². The molecule has 0 bridgehead atoms. The first kappa shape index (κ1) is 14.2. The molecular weight excluding hydrogens is 310 g/mol. The smallest absolute Gasteiger partial charge is 0.264 e. The van der Waals surface area contributed by atoms with E-state index in [0.29, 0.717) is 0 Å². The van der Waals surface area contributed by atoms with Crippen LogP contribution in [0.25, 0.3) is 38.2 Å². The molecule has 1 N–H and O–H groups in total. The molecule has 0 fully saturated rings. The van der Waals surface area contributed by atoms with Gasteiger partial charge in [-0.2, -0.15) is 0 Å². The van der Waals surface area contributed by atoms with Gasteiger partial charge in [-0.3, -0.25) is 9.20 Å². The standard InChI is InChI=1S/C21H17N3O/c1-2-12-22-16-11-10-15-19-13(16)6-5-7-14(19)20-23-17-8-3-4-9-18(17)24(20)21(15)25/h3-11,22H,2,12H2,1H3. The highest BCUT2D eigenvalue weighted by Gasteiger charge is 2.16. The third kappa shape index (κ3) is 1.88. The Balaban J connectivity index is 2.02. The van der Waals surface area contributed by atoms with Gasteiger partial charge in [-0.25, -0.2) is 4.98 Å². The molecule has 0 saturated carbocycles. The zero-order valence-electron chi connectivity index (χ0n) is 13.9. The molecule has 0 saturated heterocycles. The molecule has 0 amide bonds. The number of hydrogen-bond donors (Lipinski definition) is 1. The van der Waals surface area contributed by atoms with Crippen molar-refractivity contribution < 1.29 is 0 Å². The Morgan fingerprint density at radius 3 is 2.68 bits per heavy atom. The molecule has 4 nitrogen and oxygen atoms in total. The molecule has 0 aliphatic rings. The lowest BCUT2D eigenvalue weighted by Gasteiger charge is -2.12. The maximum Gasteiger partial charge on any atom is 0.264 e. The first-order chi connectivity index (χ1) is 12.3. The quantitative estimate of drug-likeness (QED) is 0.534. The number of pyridine rings is 1. The molecular formula is C21H17N3O. The summed E-state index contributed by atoms with van der Waals surface area (Å²) < 4.78 is 1.74. The van der Waals surface area contributed by atoms with Crippen molar-refractivity contribution in [3.63, 3.8) is 0 Å². The number of para-hydroxylation sites is 2. The van der Waals surface area contributed by atoms with E-state index in [1.54, 1.807) is 4.40 Å². The zero-order chi connectivity index (χ0) is 17.0. The van der Waals surface area contributed by atoms with E-state index in [0.717, 1.165) is 56.9 Å². The Morgan fingerprint density at radius 2 is 1.80 bits per heavy atom. The maximum atomic E-state index is 13.2. The van der Waals surface area contributed by atoms with Crippen molar-refractivity contribution in [2.75, 3.05) is 11.9 Å². The van der Waals surface area contributed by atoms with E-state index in [1.165, 1.54) is 0 Å². The fraction of sp³-hybridized carbons (Fsp3) is 0.143. The Kier molecular flexibility index (Phi) is 2.95. The average molecular weight is 327 g/mol. The minimum atomic E-state index is -0.00515. The van der Waals surface area contributed by atoms with Crippen molar-refractivity contribution in [2.45, 2.75) is 13.3 Å². The van der Waals surface area contributed by atoms with E-state index in [-0.39, 0.29) is 5.56 Å². The molecule has 0 atom stereocenters. The normalized spacial score (nSPS) is 11.9. The zero-order valence-corrected chi connectivity index (χ0v) is 13.9. The van der Waals surface area contributed by atoms with Crippen LogP contribution >= 0.6 is 0 Å². The molecule has 2 heterocycles. The Hall–Kier alpha value is -3.14. The minimum Gasteiger partial charge on any atom is -0.385 e. The van der Waals surface area contributed by atoms with Crippen LogP contribution in [-0.2, 0) is 0 Å². The Bertz CT molecular complexity index is 1300. The Morgan fingerprint density at radius 1 is 0.960 bits per heavy atom. The number of aromatic nitrogens is 2. The molecule has 0 spiro atoms. The van der Waals surface area contributed by atoms with Crippen LogP contribution in [-0.4, -0.2) is 15.9 Å². The number of nitrogens with one attached hydrogen (secondary N) is 1. The summed E-state index contributed by atoms with van der Waals surface area (Å²) in [4.78, 5) is 17.9. The summed E-state index contributed by atoms with van der Waals surface area (Å²) in [6.45, 7) is 3.05. The van der Waals surface area contributed by atoms with Crippen LogP contribution in [0.2, 0.25) is 0 Å².